The first-order valence-corrected chi connectivity index (χ1v) is 7.52. The minimum Gasteiger partial charge on any atom is -0.484 e. The van der Waals surface area contributed by atoms with Crippen LogP contribution in [0.25, 0.3) is 10.8 Å². The van der Waals surface area contributed by atoms with Gasteiger partial charge in [0.25, 0.3) is 5.91 Å². The first-order chi connectivity index (χ1) is 10.7. The number of hydrogen-bond acceptors (Lipinski definition) is 3. The molecule has 0 aliphatic heterocycles. The summed E-state index contributed by atoms with van der Waals surface area (Å²) in [6.45, 7) is -0.0437. The van der Waals surface area contributed by atoms with Crippen molar-refractivity contribution in [1.29, 1.82) is 0 Å². The number of rotatable bonds is 4. The van der Waals surface area contributed by atoms with Crippen molar-refractivity contribution in [2.24, 2.45) is 0 Å². The number of anilines is 1. The first-order valence-electron chi connectivity index (χ1n) is 6.73. The normalized spacial score (nSPS) is 10.4. The van der Waals surface area contributed by atoms with Crippen molar-refractivity contribution in [2.45, 2.75) is 0 Å². The van der Waals surface area contributed by atoms with Crippen molar-refractivity contribution in [2.75, 3.05) is 11.9 Å². The quantitative estimate of drug-likeness (QED) is 0.768. The van der Waals surface area contributed by atoms with Crippen molar-refractivity contribution in [3.05, 3.63) is 65.4 Å². The van der Waals surface area contributed by atoms with Gasteiger partial charge in [0, 0.05) is 33.3 Å². The molecular formula is C17H13BrN2O2. The van der Waals surface area contributed by atoms with E-state index in [9.17, 15) is 4.79 Å². The van der Waals surface area contributed by atoms with Crippen LogP contribution in [0.4, 0.5) is 5.69 Å². The van der Waals surface area contributed by atoms with E-state index in [1.807, 2.05) is 48.5 Å². The maximum atomic E-state index is 12.1. The van der Waals surface area contributed by atoms with Crippen LogP contribution in [0, 0.1) is 0 Å². The van der Waals surface area contributed by atoms with E-state index >= 15 is 0 Å². The van der Waals surface area contributed by atoms with Gasteiger partial charge in [-0.05, 0) is 30.3 Å². The summed E-state index contributed by atoms with van der Waals surface area (Å²) in [7, 11) is 0. The number of nitrogens with one attached hydrogen (secondary N) is 1. The molecule has 0 spiro atoms. The van der Waals surface area contributed by atoms with E-state index < -0.39 is 0 Å². The summed E-state index contributed by atoms with van der Waals surface area (Å²) in [5.74, 6) is 0.441. The largest absolute Gasteiger partial charge is 0.484 e. The Morgan fingerprint density at radius 1 is 1.18 bits per heavy atom. The maximum absolute atomic E-state index is 12.1. The van der Waals surface area contributed by atoms with Crippen LogP contribution in [-0.2, 0) is 4.79 Å². The Morgan fingerprint density at radius 2 is 2.05 bits per heavy atom. The van der Waals surface area contributed by atoms with Crippen molar-refractivity contribution >= 4 is 38.3 Å². The summed E-state index contributed by atoms with van der Waals surface area (Å²) in [5, 5.41) is 4.80. The zero-order chi connectivity index (χ0) is 15.4. The summed E-state index contributed by atoms with van der Waals surface area (Å²) >= 11 is 3.36. The number of carbonyl (C=O) groups excluding carboxylic acids is 1. The number of nitrogens with zero attached hydrogens (tertiary/aromatic N) is 1. The highest BCUT2D eigenvalue weighted by molar-refractivity contribution is 9.10. The molecule has 1 N–H and O–H groups in total. The molecule has 1 heterocycles. The van der Waals surface area contributed by atoms with Gasteiger partial charge in [0.05, 0.1) is 0 Å². The highest BCUT2D eigenvalue weighted by atomic mass is 79.9. The Labute approximate surface area is 136 Å². The molecule has 1 amide bonds. The molecule has 0 saturated carbocycles. The van der Waals surface area contributed by atoms with Gasteiger partial charge in [0.2, 0.25) is 0 Å². The lowest BCUT2D eigenvalue weighted by molar-refractivity contribution is -0.118. The van der Waals surface area contributed by atoms with E-state index in [2.05, 4.69) is 26.2 Å². The summed E-state index contributed by atoms with van der Waals surface area (Å²) in [6.07, 6.45) is 3.47. The number of hydrogen-bond donors (Lipinski definition) is 1. The highest BCUT2D eigenvalue weighted by Gasteiger charge is 2.07. The number of pyridine rings is 1. The number of halogens is 1. The molecule has 0 aliphatic rings. The van der Waals surface area contributed by atoms with Gasteiger partial charge < -0.3 is 10.1 Å². The third-order valence-corrected chi connectivity index (χ3v) is 3.61. The predicted molar refractivity (Wildman–Crippen MR) is 90.0 cm³/mol. The number of benzene rings is 2. The SMILES string of the molecule is O=C(COc1cccc(Br)c1)Nc1cccc2cnccc12. The second-order valence-corrected chi connectivity index (χ2v) is 5.61. The summed E-state index contributed by atoms with van der Waals surface area (Å²) in [4.78, 5) is 16.1. The van der Waals surface area contributed by atoms with Gasteiger partial charge in [-0.25, -0.2) is 0 Å². The lowest BCUT2D eigenvalue weighted by Crippen LogP contribution is -2.20. The number of carbonyl (C=O) groups is 1. The fourth-order valence-electron chi connectivity index (χ4n) is 2.12. The smallest absolute Gasteiger partial charge is 0.262 e. The van der Waals surface area contributed by atoms with Crippen LogP contribution in [0.15, 0.2) is 65.4 Å². The van der Waals surface area contributed by atoms with E-state index in [4.69, 9.17) is 4.74 Å². The van der Waals surface area contributed by atoms with Gasteiger partial charge in [0.1, 0.15) is 5.75 Å². The minimum absolute atomic E-state index is 0.0437. The van der Waals surface area contributed by atoms with Crippen molar-refractivity contribution in [3.63, 3.8) is 0 Å². The molecule has 5 heteroatoms. The molecule has 0 aliphatic carbocycles. The van der Waals surface area contributed by atoms with Crippen LogP contribution in [0.5, 0.6) is 5.75 Å². The van der Waals surface area contributed by atoms with Gasteiger partial charge in [-0.15, -0.1) is 0 Å². The Balaban J connectivity index is 1.68. The topological polar surface area (TPSA) is 51.2 Å². The molecule has 0 unspecified atom stereocenters. The monoisotopic (exact) mass is 356 g/mol. The average molecular weight is 357 g/mol. The average Bonchev–Trinajstić information content (AvgIpc) is 2.53. The lowest BCUT2D eigenvalue weighted by Gasteiger charge is -2.10. The molecule has 0 atom stereocenters. The molecule has 0 radical (unpaired) electrons. The Bertz CT molecular complexity index is 815. The van der Waals surface area contributed by atoms with E-state index in [1.165, 1.54) is 0 Å². The second-order valence-electron chi connectivity index (χ2n) is 4.70. The number of fused-ring (bicyclic) bond motifs is 1. The van der Waals surface area contributed by atoms with Crippen molar-refractivity contribution in [1.82, 2.24) is 4.98 Å². The molecule has 0 bridgehead atoms. The molecule has 3 rings (SSSR count). The van der Waals surface area contributed by atoms with Crippen molar-refractivity contribution in [3.8, 4) is 5.75 Å². The number of amides is 1. The van der Waals surface area contributed by atoms with Gasteiger partial charge in [-0.2, -0.15) is 0 Å². The molecule has 0 fully saturated rings. The molecule has 1 aromatic heterocycles. The molecule has 2 aromatic carbocycles. The molecule has 22 heavy (non-hydrogen) atoms. The van der Waals surface area contributed by atoms with Crippen LogP contribution in [0.1, 0.15) is 0 Å². The van der Waals surface area contributed by atoms with Gasteiger partial charge in [-0.3, -0.25) is 9.78 Å². The predicted octanol–water partition coefficient (Wildman–Crippen LogP) is 4.01. The highest BCUT2D eigenvalue weighted by Crippen LogP contribution is 2.22. The molecular weight excluding hydrogens is 344 g/mol. The second kappa shape index (κ2) is 6.58. The van der Waals surface area contributed by atoms with Crippen molar-refractivity contribution < 1.29 is 9.53 Å². The fraction of sp³-hybridized carbons (Fsp3) is 0.0588. The first kappa shape index (κ1) is 14.5. The van der Waals surface area contributed by atoms with Crippen LogP contribution in [0.2, 0.25) is 0 Å². The van der Waals surface area contributed by atoms with Gasteiger partial charge >= 0.3 is 0 Å². The van der Waals surface area contributed by atoms with Gasteiger partial charge in [0.15, 0.2) is 6.61 Å². The molecule has 0 saturated heterocycles. The van der Waals surface area contributed by atoms with E-state index in [0.717, 1.165) is 20.9 Å². The summed E-state index contributed by atoms with van der Waals surface area (Å²) in [6, 6.07) is 15.0. The Hall–Kier alpha value is -2.40. The molecule has 110 valence electrons. The Kier molecular flexibility index (Phi) is 4.34. The number of aromatic nitrogens is 1. The van der Waals surface area contributed by atoms with Crippen LogP contribution in [0.3, 0.4) is 0 Å². The minimum atomic E-state index is -0.204. The fourth-order valence-corrected chi connectivity index (χ4v) is 2.50. The van der Waals surface area contributed by atoms with E-state index in [0.29, 0.717) is 5.75 Å². The van der Waals surface area contributed by atoms with Crippen LogP contribution >= 0.6 is 15.9 Å². The van der Waals surface area contributed by atoms with Crippen LogP contribution in [-0.4, -0.2) is 17.5 Å². The molecule has 3 aromatic rings. The van der Waals surface area contributed by atoms with Gasteiger partial charge in [-0.1, -0.05) is 34.1 Å². The zero-order valence-electron chi connectivity index (χ0n) is 11.6. The third-order valence-electron chi connectivity index (χ3n) is 3.12. The van der Waals surface area contributed by atoms with E-state index in [1.54, 1.807) is 12.4 Å². The maximum Gasteiger partial charge on any atom is 0.262 e. The third kappa shape index (κ3) is 3.43. The number of ether oxygens (including phenoxy) is 1. The summed E-state index contributed by atoms with van der Waals surface area (Å²) < 4.78 is 6.39. The zero-order valence-corrected chi connectivity index (χ0v) is 13.2. The van der Waals surface area contributed by atoms with Crippen LogP contribution < -0.4 is 10.1 Å². The standard InChI is InChI=1S/C17H13BrN2O2/c18-13-4-2-5-14(9-13)22-11-17(21)20-16-6-1-3-12-10-19-8-7-15(12)16/h1-10H,11H2,(H,20,21). The lowest BCUT2D eigenvalue weighted by atomic mass is 10.1. The molecule has 4 nitrogen and oxygen atoms in total. The van der Waals surface area contributed by atoms with E-state index in [-0.39, 0.29) is 12.5 Å². The summed E-state index contributed by atoms with van der Waals surface area (Å²) in [5.41, 5.74) is 0.753. The Morgan fingerprint density at radius 3 is 2.91 bits per heavy atom.